The molecule has 0 radical (unpaired) electrons. The van der Waals surface area contributed by atoms with E-state index in [-0.39, 0.29) is 11.6 Å². The van der Waals surface area contributed by atoms with Crippen LogP contribution in [0.25, 0.3) is 11.3 Å². The van der Waals surface area contributed by atoms with Crippen molar-refractivity contribution in [3.63, 3.8) is 0 Å². The van der Waals surface area contributed by atoms with E-state index in [2.05, 4.69) is 5.32 Å². The van der Waals surface area contributed by atoms with Gasteiger partial charge in [-0.2, -0.15) is 0 Å². The van der Waals surface area contributed by atoms with Crippen LogP contribution in [0.1, 0.15) is 24.4 Å². The molecule has 22 heavy (non-hydrogen) atoms. The lowest BCUT2D eigenvalue weighted by molar-refractivity contribution is -0.141. The quantitative estimate of drug-likeness (QED) is 0.890. The Kier molecular flexibility index (Phi) is 4.60. The van der Waals surface area contributed by atoms with Gasteiger partial charge in [0.25, 0.3) is 5.91 Å². The van der Waals surface area contributed by atoms with Gasteiger partial charge in [-0.05, 0) is 50.2 Å². The molecular formula is C16H16FNO4. The van der Waals surface area contributed by atoms with E-state index >= 15 is 0 Å². The first-order chi connectivity index (χ1) is 10.4. The molecule has 2 atom stereocenters. The third-order valence-corrected chi connectivity index (χ3v) is 3.46. The molecule has 0 bridgehead atoms. The Bertz CT molecular complexity index is 678. The molecule has 0 aliphatic rings. The molecule has 0 aliphatic carbocycles. The largest absolute Gasteiger partial charge is 0.481 e. The van der Waals surface area contributed by atoms with Gasteiger partial charge in [-0.25, -0.2) is 4.39 Å². The summed E-state index contributed by atoms with van der Waals surface area (Å²) in [7, 11) is 0. The van der Waals surface area contributed by atoms with Gasteiger partial charge >= 0.3 is 5.97 Å². The molecule has 1 aromatic carbocycles. The van der Waals surface area contributed by atoms with Crippen LogP contribution in [0, 0.1) is 11.7 Å². The maximum absolute atomic E-state index is 12.9. The van der Waals surface area contributed by atoms with Gasteiger partial charge in [-0.15, -0.1) is 0 Å². The first-order valence-electron chi connectivity index (χ1n) is 6.78. The number of furan rings is 1. The van der Waals surface area contributed by atoms with Gasteiger partial charge in [0.05, 0.1) is 5.92 Å². The zero-order valence-corrected chi connectivity index (χ0v) is 12.2. The summed E-state index contributed by atoms with van der Waals surface area (Å²) >= 11 is 0. The number of aliphatic carboxylic acids is 1. The van der Waals surface area contributed by atoms with Gasteiger partial charge < -0.3 is 14.8 Å². The summed E-state index contributed by atoms with van der Waals surface area (Å²) in [6.07, 6.45) is 0. The standard InChI is InChI=1S/C16H16FNO4/c1-9(16(20)21)10(2)18-15(19)14-8-7-13(22-14)11-3-5-12(17)6-4-11/h3-10H,1-2H3,(H,18,19)(H,20,21). The second-order valence-electron chi connectivity index (χ2n) is 5.06. The summed E-state index contributed by atoms with van der Waals surface area (Å²) < 4.78 is 18.3. The van der Waals surface area contributed by atoms with Gasteiger partial charge in [0.1, 0.15) is 11.6 Å². The van der Waals surface area contributed by atoms with E-state index in [9.17, 15) is 14.0 Å². The Morgan fingerprint density at radius 3 is 2.36 bits per heavy atom. The molecule has 2 N–H and O–H groups in total. The molecule has 1 amide bonds. The molecule has 0 spiro atoms. The molecule has 116 valence electrons. The average molecular weight is 305 g/mol. The number of hydrogen-bond acceptors (Lipinski definition) is 3. The highest BCUT2D eigenvalue weighted by Gasteiger charge is 2.22. The van der Waals surface area contributed by atoms with Crippen LogP contribution < -0.4 is 5.32 Å². The Morgan fingerprint density at radius 2 is 1.77 bits per heavy atom. The topological polar surface area (TPSA) is 79.5 Å². The van der Waals surface area contributed by atoms with Crippen LogP contribution in [0.3, 0.4) is 0 Å². The molecule has 2 aromatic rings. The average Bonchev–Trinajstić information content (AvgIpc) is 2.96. The number of carbonyl (C=O) groups excluding carboxylic acids is 1. The highest BCUT2D eigenvalue weighted by molar-refractivity contribution is 5.92. The fourth-order valence-corrected chi connectivity index (χ4v) is 1.85. The van der Waals surface area contributed by atoms with Gasteiger partial charge in [-0.1, -0.05) is 0 Å². The smallest absolute Gasteiger partial charge is 0.308 e. The van der Waals surface area contributed by atoms with E-state index in [1.54, 1.807) is 25.1 Å². The number of benzene rings is 1. The van der Waals surface area contributed by atoms with Crippen molar-refractivity contribution in [3.05, 3.63) is 48.0 Å². The van der Waals surface area contributed by atoms with Crippen molar-refractivity contribution in [1.29, 1.82) is 0 Å². The molecule has 0 aliphatic heterocycles. The van der Waals surface area contributed by atoms with E-state index in [0.717, 1.165) is 0 Å². The molecule has 0 saturated heterocycles. The van der Waals surface area contributed by atoms with Crippen molar-refractivity contribution in [1.82, 2.24) is 5.32 Å². The Balaban J connectivity index is 2.09. The normalized spacial score (nSPS) is 13.4. The highest BCUT2D eigenvalue weighted by Crippen LogP contribution is 2.22. The van der Waals surface area contributed by atoms with Gasteiger partial charge in [0.15, 0.2) is 5.76 Å². The number of carbonyl (C=O) groups is 2. The second kappa shape index (κ2) is 6.43. The summed E-state index contributed by atoms with van der Waals surface area (Å²) in [6, 6.07) is 8.25. The van der Waals surface area contributed by atoms with E-state index in [1.807, 2.05) is 0 Å². The lowest BCUT2D eigenvalue weighted by Gasteiger charge is -2.16. The van der Waals surface area contributed by atoms with Gasteiger partial charge in [0, 0.05) is 11.6 Å². The van der Waals surface area contributed by atoms with Crippen molar-refractivity contribution >= 4 is 11.9 Å². The maximum Gasteiger partial charge on any atom is 0.308 e. The monoisotopic (exact) mass is 305 g/mol. The number of carboxylic acid groups (broad SMARTS) is 1. The fourth-order valence-electron chi connectivity index (χ4n) is 1.85. The Morgan fingerprint density at radius 1 is 1.14 bits per heavy atom. The maximum atomic E-state index is 12.9. The predicted molar refractivity (Wildman–Crippen MR) is 77.8 cm³/mol. The predicted octanol–water partition coefficient (Wildman–Crippen LogP) is 2.92. The zero-order valence-electron chi connectivity index (χ0n) is 12.2. The number of hydrogen-bond donors (Lipinski definition) is 2. The summed E-state index contributed by atoms with van der Waals surface area (Å²) in [5, 5.41) is 11.5. The Labute approximate surface area is 126 Å². The molecule has 2 unspecified atom stereocenters. The Hall–Kier alpha value is -2.63. The molecule has 5 nitrogen and oxygen atoms in total. The fraction of sp³-hybridized carbons (Fsp3) is 0.250. The van der Waals surface area contributed by atoms with Crippen LogP contribution in [0.15, 0.2) is 40.8 Å². The summed E-state index contributed by atoms with van der Waals surface area (Å²) in [5.41, 5.74) is 0.646. The molecule has 2 rings (SSSR count). The van der Waals surface area contributed by atoms with Crippen LogP contribution in [0.4, 0.5) is 4.39 Å². The number of nitrogens with one attached hydrogen (secondary N) is 1. The molecule has 0 fully saturated rings. The van der Waals surface area contributed by atoms with Gasteiger partial charge in [-0.3, -0.25) is 9.59 Å². The van der Waals surface area contributed by atoms with E-state index in [4.69, 9.17) is 9.52 Å². The van der Waals surface area contributed by atoms with E-state index in [1.165, 1.54) is 25.1 Å². The second-order valence-corrected chi connectivity index (χ2v) is 5.06. The van der Waals surface area contributed by atoms with Crippen molar-refractivity contribution in [2.75, 3.05) is 0 Å². The van der Waals surface area contributed by atoms with Crippen LogP contribution in [0.5, 0.6) is 0 Å². The minimum Gasteiger partial charge on any atom is -0.481 e. The molecular weight excluding hydrogens is 289 g/mol. The van der Waals surface area contributed by atoms with Crippen molar-refractivity contribution in [2.24, 2.45) is 5.92 Å². The number of amides is 1. The van der Waals surface area contributed by atoms with Crippen molar-refractivity contribution in [2.45, 2.75) is 19.9 Å². The minimum atomic E-state index is -0.987. The summed E-state index contributed by atoms with van der Waals surface area (Å²) in [5.74, 6) is -2.04. The molecule has 1 heterocycles. The van der Waals surface area contributed by atoms with Gasteiger partial charge in [0.2, 0.25) is 0 Å². The summed E-state index contributed by atoms with van der Waals surface area (Å²) in [6.45, 7) is 3.12. The first kappa shape index (κ1) is 15.8. The number of halogens is 1. The van der Waals surface area contributed by atoms with Crippen molar-refractivity contribution < 1.29 is 23.5 Å². The molecule has 6 heteroatoms. The SMILES string of the molecule is CC(NC(=O)c1ccc(-c2ccc(F)cc2)o1)C(C)C(=O)O. The third-order valence-electron chi connectivity index (χ3n) is 3.46. The van der Waals surface area contributed by atoms with Crippen LogP contribution in [0.2, 0.25) is 0 Å². The van der Waals surface area contributed by atoms with Crippen LogP contribution in [-0.2, 0) is 4.79 Å². The third kappa shape index (κ3) is 3.52. The van der Waals surface area contributed by atoms with Crippen molar-refractivity contribution in [3.8, 4) is 11.3 Å². The zero-order chi connectivity index (χ0) is 16.3. The molecule has 1 aromatic heterocycles. The number of carboxylic acids is 1. The highest BCUT2D eigenvalue weighted by atomic mass is 19.1. The molecule has 0 saturated carbocycles. The lowest BCUT2D eigenvalue weighted by atomic mass is 10.0. The lowest BCUT2D eigenvalue weighted by Crippen LogP contribution is -2.39. The van der Waals surface area contributed by atoms with Crippen LogP contribution in [-0.4, -0.2) is 23.0 Å². The summed E-state index contributed by atoms with van der Waals surface area (Å²) in [4.78, 5) is 22.9. The first-order valence-corrected chi connectivity index (χ1v) is 6.78. The van der Waals surface area contributed by atoms with E-state index < -0.39 is 23.8 Å². The minimum absolute atomic E-state index is 0.0729. The van der Waals surface area contributed by atoms with Crippen LogP contribution >= 0.6 is 0 Å². The number of rotatable bonds is 5. The van der Waals surface area contributed by atoms with E-state index in [0.29, 0.717) is 11.3 Å².